The Morgan fingerprint density at radius 3 is 1.16 bits per heavy atom. The van der Waals surface area contributed by atoms with Gasteiger partial charge in [-0.25, -0.2) is 0 Å². The summed E-state index contributed by atoms with van der Waals surface area (Å²) in [7, 11) is 0. The summed E-state index contributed by atoms with van der Waals surface area (Å²) in [6.45, 7) is -3.47. The SMILES string of the molecule is Cc1c[c-]cc(C)c1.OP(O)(O)=S.OP(O)(O)=S.[Mo]. The van der Waals surface area contributed by atoms with Gasteiger partial charge in [-0.05, 0) is 23.6 Å². The van der Waals surface area contributed by atoms with E-state index in [2.05, 4.69) is 49.6 Å². The van der Waals surface area contributed by atoms with Crippen LogP contribution in [0.4, 0.5) is 0 Å². The van der Waals surface area contributed by atoms with Crippen molar-refractivity contribution in [3.63, 3.8) is 0 Å². The number of aryl methyl sites for hydroxylation is 2. The van der Waals surface area contributed by atoms with E-state index in [-0.39, 0.29) is 21.1 Å². The van der Waals surface area contributed by atoms with E-state index in [1.165, 1.54) is 11.1 Å². The zero-order chi connectivity index (χ0) is 15.0. The number of rotatable bonds is 0. The molecule has 11 heteroatoms. The van der Waals surface area contributed by atoms with Gasteiger partial charge in [-0.15, -0.1) is 0 Å². The van der Waals surface area contributed by atoms with Crippen molar-refractivity contribution in [1.29, 1.82) is 0 Å². The van der Waals surface area contributed by atoms with E-state index in [1.54, 1.807) is 0 Å². The average molecular weight is 429 g/mol. The van der Waals surface area contributed by atoms with Gasteiger partial charge in [-0.2, -0.15) is 35.4 Å². The molecular weight excluding hydrogens is 414 g/mol. The Hall–Kier alpha value is 0.968. The van der Waals surface area contributed by atoms with Gasteiger partial charge in [0.1, 0.15) is 0 Å². The molecule has 0 amide bonds. The minimum atomic E-state index is -3.81. The second kappa shape index (κ2) is 11.6. The van der Waals surface area contributed by atoms with Crippen LogP contribution in [-0.4, -0.2) is 29.4 Å². The van der Waals surface area contributed by atoms with Gasteiger partial charge in [-0.1, -0.05) is 13.8 Å². The first-order chi connectivity index (χ1) is 7.79. The molecule has 1 aromatic rings. The summed E-state index contributed by atoms with van der Waals surface area (Å²) in [5.41, 5.74) is 2.56. The van der Waals surface area contributed by atoms with Crippen molar-refractivity contribution in [2.45, 2.75) is 13.8 Å². The average Bonchev–Trinajstić information content (AvgIpc) is 1.95. The summed E-state index contributed by atoms with van der Waals surface area (Å²) in [4.78, 5) is 45.3. The summed E-state index contributed by atoms with van der Waals surface area (Å²) < 4.78 is 0. The zero-order valence-corrected chi connectivity index (χ0v) is 15.5. The van der Waals surface area contributed by atoms with E-state index in [4.69, 9.17) is 29.4 Å². The third kappa shape index (κ3) is 45.4. The topological polar surface area (TPSA) is 121 Å². The smallest absolute Gasteiger partial charge is 0.319 e. The van der Waals surface area contributed by atoms with E-state index in [0.29, 0.717) is 0 Å². The van der Waals surface area contributed by atoms with Crippen molar-refractivity contribution in [2.75, 3.05) is 0 Å². The Morgan fingerprint density at radius 2 is 1.05 bits per heavy atom. The summed E-state index contributed by atoms with van der Waals surface area (Å²) >= 11 is 7.21. The fourth-order valence-corrected chi connectivity index (χ4v) is 0.747. The van der Waals surface area contributed by atoms with Crippen molar-refractivity contribution in [3.8, 4) is 0 Å². The van der Waals surface area contributed by atoms with Crippen molar-refractivity contribution >= 4 is 37.1 Å². The van der Waals surface area contributed by atoms with Crippen LogP contribution in [0.1, 0.15) is 11.1 Å². The predicted octanol–water partition coefficient (Wildman–Crippen LogP) is 0.477. The van der Waals surface area contributed by atoms with Gasteiger partial charge in [0.15, 0.2) is 0 Å². The second-order valence-corrected chi connectivity index (χ2v) is 8.11. The van der Waals surface area contributed by atoms with Crippen LogP contribution in [0.15, 0.2) is 18.2 Å². The summed E-state index contributed by atoms with van der Waals surface area (Å²) in [6, 6.07) is 9.12. The molecule has 0 heterocycles. The van der Waals surface area contributed by atoms with Gasteiger partial charge >= 0.3 is 13.4 Å². The molecular formula is C8H15MoO6P2S2-. The van der Waals surface area contributed by atoms with Gasteiger partial charge in [0.05, 0.1) is 0 Å². The number of hydrogen-bond donors (Lipinski definition) is 6. The molecule has 0 aliphatic rings. The molecule has 6 N–H and O–H groups in total. The van der Waals surface area contributed by atoms with Crippen molar-refractivity contribution < 1.29 is 50.4 Å². The maximum Gasteiger partial charge on any atom is 0.319 e. The normalized spacial score (nSPS) is 10.1. The molecule has 0 atom stereocenters. The fourth-order valence-electron chi connectivity index (χ4n) is 0.747. The largest absolute Gasteiger partial charge is 0.325 e. The molecule has 1 rings (SSSR count). The van der Waals surface area contributed by atoms with E-state index >= 15 is 0 Å². The van der Waals surface area contributed by atoms with Gasteiger partial charge in [-0.3, -0.25) is 0 Å². The molecule has 6 nitrogen and oxygen atoms in total. The fraction of sp³-hybridized carbons (Fsp3) is 0.250. The van der Waals surface area contributed by atoms with E-state index in [0.717, 1.165) is 0 Å². The maximum absolute atomic E-state index is 7.56. The molecule has 1 aromatic carbocycles. The summed E-state index contributed by atoms with van der Waals surface area (Å²) in [5.74, 6) is 0. The summed E-state index contributed by atoms with van der Waals surface area (Å²) in [6.07, 6.45) is 0. The first-order valence-electron chi connectivity index (χ1n) is 4.30. The van der Waals surface area contributed by atoms with Crippen LogP contribution in [-0.2, 0) is 44.7 Å². The van der Waals surface area contributed by atoms with Crippen LogP contribution >= 0.6 is 13.4 Å². The Morgan fingerprint density at radius 1 is 0.842 bits per heavy atom. The molecule has 0 aromatic heterocycles. The van der Waals surface area contributed by atoms with E-state index < -0.39 is 13.4 Å². The quantitative estimate of drug-likeness (QED) is 0.200. The predicted molar refractivity (Wildman–Crippen MR) is 76.6 cm³/mol. The van der Waals surface area contributed by atoms with Crippen LogP contribution in [0, 0.1) is 19.9 Å². The Bertz CT molecular complexity index is 393. The molecule has 0 saturated carbocycles. The molecule has 0 aliphatic carbocycles. The second-order valence-electron chi connectivity index (χ2n) is 3.11. The Balaban J connectivity index is -0.000000208. The van der Waals surface area contributed by atoms with Crippen molar-refractivity contribution in [3.05, 3.63) is 35.4 Å². The van der Waals surface area contributed by atoms with Crippen LogP contribution in [0.2, 0.25) is 0 Å². The van der Waals surface area contributed by atoms with Crippen LogP contribution in [0.5, 0.6) is 0 Å². The molecule has 112 valence electrons. The number of hydrogen-bond acceptors (Lipinski definition) is 2. The van der Waals surface area contributed by atoms with E-state index in [9.17, 15) is 0 Å². The Kier molecular flexibility index (Phi) is 15.2. The third-order valence-electron chi connectivity index (χ3n) is 1.08. The van der Waals surface area contributed by atoms with Crippen LogP contribution in [0.3, 0.4) is 0 Å². The van der Waals surface area contributed by atoms with Gasteiger partial charge in [0, 0.05) is 21.1 Å². The molecule has 0 radical (unpaired) electrons. The van der Waals surface area contributed by atoms with Gasteiger partial charge in [0.2, 0.25) is 0 Å². The standard InChI is InChI=1S/C8H9.Mo.2H3O3PS/c1-7-4-3-5-8(2)6-7;;2*1-4(2,3)5/h4-6H,1-2H3;;2*(H3,1,2,3,5)/q-1;;;. The number of benzene rings is 1. The first-order valence-corrected chi connectivity index (χ1v) is 9.62. The van der Waals surface area contributed by atoms with Crippen LogP contribution < -0.4 is 0 Å². The van der Waals surface area contributed by atoms with Crippen LogP contribution in [0.25, 0.3) is 0 Å². The maximum atomic E-state index is 7.56. The molecule has 0 aliphatic heterocycles. The third-order valence-corrected chi connectivity index (χ3v) is 1.08. The van der Waals surface area contributed by atoms with E-state index in [1.807, 2.05) is 12.1 Å². The molecule has 0 bridgehead atoms. The van der Waals surface area contributed by atoms with Crippen molar-refractivity contribution in [2.24, 2.45) is 0 Å². The molecule has 0 saturated heterocycles. The molecule has 0 fully saturated rings. The Labute approximate surface area is 136 Å². The zero-order valence-electron chi connectivity index (χ0n) is 10.0. The van der Waals surface area contributed by atoms with Gasteiger partial charge < -0.3 is 29.4 Å². The molecule has 0 unspecified atom stereocenters. The first kappa shape index (κ1) is 25.0. The van der Waals surface area contributed by atoms with Crippen molar-refractivity contribution in [1.82, 2.24) is 0 Å². The minimum Gasteiger partial charge on any atom is -0.325 e. The molecule has 0 spiro atoms. The molecule has 19 heavy (non-hydrogen) atoms. The van der Waals surface area contributed by atoms with Gasteiger partial charge in [0.25, 0.3) is 0 Å². The minimum absolute atomic E-state index is 0. The monoisotopic (exact) mass is 431 g/mol. The summed E-state index contributed by atoms with van der Waals surface area (Å²) in [5, 5.41) is 0.